The highest BCUT2D eigenvalue weighted by atomic mass is 16.5. The van der Waals surface area contributed by atoms with Crippen molar-refractivity contribution in [2.24, 2.45) is 0 Å². The van der Waals surface area contributed by atoms with Crippen LogP contribution in [0.1, 0.15) is 12.1 Å². The lowest BCUT2D eigenvalue weighted by Crippen LogP contribution is -2.50. The van der Waals surface area contributed by atoms with Crippen LogP contribution in [0.2, 0.25) is 0 Å². The van der Waals surface area contributed by atoms with E-state index in [-0.39, 0.29) is 12.5 Å². The summed E-state index contributed by atoms with van der Waals surface area (Å²) in [5.74, 6) is -1.09. The molecule has 0 radical (unpaired) electrons. The molecule has 0 aliphatic carbocycles. The number of carboxylic acids is 1. The Morgan fingerprint density at radius 2 is 2.47 bits per heavy atom. The quantitative estimate of drug-likeness (QED) is 0.574. The van der Waals surface area contributed by atoms with E-state index in [1.807, 2.05) is 0 Å². The van der Waals surface area contributed by atoms with Crippen LogP contribution in [-0.4, -0.2) is 52.4 Å². The van der Waals surface area contributed by atoms with Gasteiger partial charge in [-0.15, -0.1) is 0 Å². The largest absolute Gasteiger partial charge is 0.480 e. The molecule has 0 aromatic carbocycles. The van der Waals surface area contributed by atoms with Crippen molar-refractivity contribution < 1.29 is 19.4 Å². The first kappa shape index (κ1) is 13.3. The van der Waals surface area contributed by atoms with Crippen LogP contribution < -0.4 is 10.6 Å². The normalized spacial score (nSPS) is 19.9. The summed E-state index contributed by atoms with van der Waals surface area (Å²) in [4.78, 5) is 29.4. The van der Waals surface area contributed by atoms with Gasteiger partial charge in [0.15, 0.2) is 0 Å². The van der Waals surface area contributed by atoms with E-state index < -0.39 is 18.0 Å². The van der Waals surface area contributed by atoms with Gasteiger partial charge >= 0.3 is 12.0 Å². The van der Waals surface area contributed by atoms with Crippen LogP contribution in [0.25, 0.3) is 0 Å². The molecule has 1 aliphatic rings. The number of rotatable bonds is 5. The zero-order valence-corrected chi connectivity index (χ0v) is 10.3. The molecule has 1 aromatic rings. The van der Waals surface area contributed by atoms with Crippen LogP contribution in [0.3, 0.4) is 0 Å². The maximum Gasteiger partial charge on any atom is 0.326 e. The lowest BCUT2D eigenvalue weighted by molar-refractivity contribution is -0.139. The summed E-state index contributed by atoms with van der Waals surface area (Å²) >= 11 is 0. The molecule has 2 rings (SSSR count). The van der Waals surface area contributed by atoms with Crippen molar-refractivity contribution in [1.29, 1.82) is 0 Å². The lowest BCUT2D eigenvalue weighted by Gasteiger charge is -2.16. The Kier molecular flexibility index (Phi) is 4.35. The molecule has 19 heavy (non-hydrogen) atoms. The van der Waals surface area contributed by atoms with E-state index in [9.17, 15) is 9.59 Å². The number of aromatic amines is 1. The van der Waals surface area contributed by atoms with E-state index in [0.29, 0.717) is 18.9 Å². The van der Waals surface area contributed by atoms with Gasteiger partial charge in [-0.25, -0.2) is 14.6 Å². The van der Waals surface area contributed by atoms with Crippen LogP contribution in [0.4, 0.5) is 4.79 Å². The number of hydrogen-bond donors (Lipinski definition) is 4. The van der Waals surface area contributed by atoms with Gasteiger partial charge in [0, 0.05) is 24.9 Å². The van der Waals surface area contributed by atoms with Crippen LogP contribution >= 0.6 is 0 Å². The standard InChI is InChI=1S/C11H16N4O4/c16-10(17)9(3-8-4-12-6-13-8)15-11(18)14-7-1-2-19-5-7/h4,6-7,9H,1-3,5H2,(H,12,13)(H,16,17)(H2,14,15,18)/t7?,9-/m1/s1. The third-order valence-electron chi connectivity index (χ3n) is 2.85. The summed E-state index contributed by atoms with van der Waals surface area (Å²) in [6.45, 7) is 1.08. The molecule has 0 bridgehead atoms. The number of nitrogens with zero attached hydrogens (tertiary/aromatic N) is 1. The number of imidazole rings is 1. The summed E-state index contributed by atoms with van der Waals surface area (Å²) in [6.07, 6.45) is 3.89. The topological polar surface area (TPSA) is 116 Å². The molecule has 1 aliphatic heterocycles. The molecule has 1 fully saturated rings. The van der Waals surface area contributed by atoms with Crippen molar-refractivity contribution >= 4 is 12.0 Å². The van der Waals surface area contributed by atoms with E-state index in [1.165, 1.54) is 12.5 Å². The van der Waals surface area contributed by atoms with E-state index in [4.69, 9.17) is 9.84 Å². The molecular formula is C11H16N4O4. The predicted molar refractivity (Wildman–Crippen MR) is 64.6 cm³/mol. The summed E-state index contributed by atoms with van der Waals surface area (Å²) in [6, 6.07) is -1.55. The molecule has 2 amide bonds. The summed E-state index contributed by atoms with van der Waals surface area (Å²) < 4.78 is 5.12. The Bertz CT molecular complexity index is 428. The predicted octanol–water partition coefficient (Wildman–Crippen LogP) is -0.506. The fourth-order valence-electron chi connectivity index (χ4n) is 1.85. The molecule has 0 spiro atoms. The number of carboxylic acid groups (broad SMARTS) is 1. The average molecular weight is 268 g/mol. The van der Waals surface area contributed by atoms with E-state index in [1.54, 1.807) is 0 Å². The van der Waals surface area contributed by atoms with Gasteiger partial charge in [0.1, 0.15) is 6.04 Å². The second kappa shape index (κ2) is 6.19. The Labute approximate surface area is 109 Å². The van der Waals surface area contributed by atoms with E-state index in [0.717, 1.165) is 6.42 Å². The first-order valence-electron chi connectivity index (χ1n) is 6.00. The zero-order valence-electron chi connectivity index (χ0n) is 10.3. The zero-order chi connectivity index (χ0) is 13.7. The van der Waals surface area contributed by atoms with Crippen molar-refractivity contribution in [3.8, 4) is 0 Å². The van der Waals surface area contributed by atoms with Crippen LogP contribution in [0.5, 0.6) is 0 Å². The monoisotopic (exact) mass is 268 g/mol. The SMILES string of the molecule is O=C(NC1CCOC1)N[C@H](Cc1cnc[nH]1)C(=O)O. The smallest absolute Gasteiger partial charge is 0.326 e. The van der Waals surface area contributed by atoms with Crippen molar-refractivity contribution in [3.63, 3.8) is 0 Å². The van der Waals surface area contributed by atoms with Gasteiger partial charge in [-0.2, -0.15) is 0 Å². The van der Waals surface area contributed by atoms with E-state index >= 15 is 0 Å². The Morgan fingerprint density at radius 1 is 1.63 bits per heavy atom. The fourth-order valence-corrected chi connectivity index (χ4v) is 1.85. The first-order chi connectivity index (χ1) is 9.15. The molecular weight excluding hydrogens is 252 g/mol. The van der Waals surface area contributed by atoms with Gasteiger partial charge in [-0.3, -0.25) is 0 Å². The van der Waals surface area contributed by atoms with Gasteiger partial charge in [0.05, 0.1) is 19.0 Å². The Morgan fingerprint density at radius 3 is 3.05 bits per heavy atom. The van der Waals surface area contributed by atoms with Gasteiger partial charge in [-0.05, 0) is 6.42 Å². The van der Waals surface area contributed by atoms with Gasteiger partial charge < -0.3 is 25.5 Å². The molecule has 104 valence electrons. The minimum atomic E-state index is -1.09. The van der Waals surface area contributed by atoms with Crippen molar-refractivity contribution in [1.82, 2.24) is 20.6 Å². The maximum absolute atomic E-state index is 11.7. The second-order valence-corrected chi connectivity index (χ2v) is 4.35. The second-order valence-electron chi connectivity index (χ2n) is 4.35. The Balaban J connectivity index is 1.85. The summed E-state index contributed by atoms with van der Waals surface area (Å²) in [5, 5.41) is 14.2. The van der Waals surface area contributed by atoms with Gasteiger partial charge in [0.2, 0.25) is 0 Å². The van der Waals surface area contributed by atoms with Crippen LogP contribution in [0.15, 0.2) is 12.5 Å². The molecule has 1 saturated heterocycles. The molecule has 1 unspecified atom stereocenters. The fraction of sp³-hybridized carbons (Fsp3) is 0.545. The van der Waals surface area contributed by atoms with E-state index in [2.05, 4.69) is 20.6 Å². The van der Waals surface area contributed by atoms with Crippen molar-refractivity contribution in [2.45, 2.75) is 24.9 Å². The number of H-pyrrole nitrogens is 1. The van der Waals surface area contributed by atoms with Crippen LogP contribution in [0, 0.1) is 0 Å². The lowest BCUT2D eigenvalue weighted by atomic mass is 10.1. The first-order valence-corrected chi connectivity index (χ1v) is 6.00. The number of carbonyl (C=O) groups excluding carboxylic acids is 1. The highest BCUT2D eigenvalue weighted by Gasteiger charge is 2.23. The number of aliphatic carboxylic acids is 1. The highest BCUT2D eigenvalue weighted by molar-refractivity contribution is 5.82. The number of aromatic nitrogens is 2. The third-order valence-corrected chi connectivity index (χ3v) is 2.85. The minimum Gasteiger partial charge on any atom is -0.480 e. The molecule has 8 nitrogen and oxygen atoms in total. The average Bonchev–Trinajstić information content (AvgIpc) is 3.00. The number of amides is 2. The molecule has 0 saturated carbocycles. The highest BCUT2D eigenvalue weighted by Crippen LogP contribution is 2.03. The molecule has 1 aromatic heterocycles. The Hall–Kier alpha value is -2.09. The number of urea groups is 1. The molecule has 2 heterocycles. The molecule has 8 heteroatoms. The number of ether oxygens (including phenoxy) is 1. The molecule has 2 atom stereocenters. The number of nitrogens with one attached hydrogen (secondary N) is 3. The molecule has 4 N–H and O–H groups in total. The number of hydrogen-bond acceptors (Lipinski definition) is 4. The van der Waals surface area contributed by atoms with Crippen molar-refractivity contribution in [2.75, 3.05) is 13.2 Å². The third kappa shape index (κ3) is 3.95. The van der Waals surface area contributed by atoms with Crippen molar-refractivity contribution in [3.05, 3.63) is 18.2 Å². The van der Waals surface area contributed by atoms with Gasteiger partial charge in [-0.1, -0.05) is 0 Å². The maximum atomic E-state index is 11.7. The summed E-state index contributed by atoms with van der Waals surface area (Å²) in [7, 11) is 0. The van der Waals surface area contributed by atoms with Crippen LogP contribution in [-0.2, 0) is 16.0 Å². The number of carbonyl (C=O) groups is 2. The summed E-state index contributed by atoms with van der Waals surface area (Å²) in [5.41, 5.74) is 0.650. The minimum absolute atomic E-state index is 0.0541. The van der Waals surface area contributed by atoms with Gasteiger partial charge in [0.25, 0.3) is 0 Å².